The maximum absolute atomic E-state index is 9.98. The molecule has 0 saturated heterocycles. The number of hydrogen-bond acceptors (Lipinski definition) is 3. The lowest BCUT2D eigenvalue weighted by Gasteiger charge is -1.89. The van der Waals surface area contributed by atoms with Crippen molar-refractivity contribution in [1.82, 2.24) is 0 Å². The van der Waals surface area contributed by atoms with Crippen LogP contribution in [0.3, 0.4) is 0 Å². The molecule has 0 radical (unpaired) electrons. The van der Waals surface area contributed by atoms with Crippen LogP contribution in [-0.2, 0) is 9.47 Å². The summed E-state index contributed by atoms with van der Waals surface area (Å²) in [4.78, 5) is 9.98. The molecule has 0 unspecified atom stereocenters. The second-order valence-electron chi connectivity index (χ2n) is 0.754. The Kier molecular flexibility index (Phi) is 3.08. The average molecular weight is 112 g/mol. The Bertz CT molecular complexity index is 131. The monoisotopic (exact) mass is 112 g/mol. The first-order valence-electron chi connectivity index (χ1n) is 1.75. The molecule has 0 atom stereocenters. The van der Waals surface area contributed by atoms with E-state index >= 15 is 0 Å². The summed E-state index contributed by atoms with van der Waals surface area (Å²) in [5.74, 6) is 0. The molecule has 0 aromatic rings. The van der Waals surface area contributed by atoms with E-state index in [1.54, 1.807) is 6.11 Å². The lowest BCUT2D eigenvalue weighted by atomic mass is 11.1. The van der Waals surface area contributed by atoms with Crippen molar-refractivity contribution >= 4 is 6.16 Å². The Balaban J connectivity index is 3.36. The minimum absolute atomic E-state index is 0.930. The highest BCUT2D eigenvalue weighted by molar-refractivity contribution is 5.61. The van der Waals surface area contributed by atoms with Gasteiger partial charge >= 0.3 is 6.16 Å². The van der Waals surface area contributed by atoms with Crippen molar-refractivity contribution in [2.75, 3.05) is 0 Å². The van der Waals surface area contributed by atoms with Crippen molar-refractivity contribution in [3.63, 3.8) is 0 Å². The largest absolute Gasteiger partial charge is 0.527 e. The molecule has 0 aromatic carbocycles. The highest BCUT2D eigenvalue weighted by atomic mass is 16.7. The summed E-state index contributed by atoms with van der Waals surface area (Å²) in [6.07, 6.45) is 6.17. The predicted octanol–water partition coefficient (Wildman–Crippen LogP) is 0.874. The highest BCUT2D eigenvalue weighted by Crippen LogP contribution is 1.80. The Morgan fingerprint density at radius 2 is 2.50 bits per heavy atom. The molecule has 0 saturated carbocycles. The zero-order chi connectivity index (χ0) is 6.41. The minimum atomic E-state index is -0.942. The number of rotatable bonds is 1. The number of carbonyl (C=O) groups excluding carboxylic acids is 1. The van der Waals surface area contributed by atoms with Gasteiger partial charge in [-0.2, -0.15) is 0 Å². The van der Waals surface area contributed by atoms with Crippen molar-refractivity contribution in [3.8, 4) is 12.5 Å². The van der Waals surface area contributed by atoms with Crippen molar-refractivity contribution in [2.24, 2.45) is 0 Å². The van der Waals surface area contributed by atoms with Crippen LogP contribution in [0.4, 0.5) is 4.79 Å². The van der Waals surface area contributed by atoms with Gasteiger partial charge in [0.05, 0.1) is 6.26 Å². The van der Waals surface area contributed by atoms with E-state index in [4.69, 9.17) is 0 Å². The third-order valence-electron chi connectivity index (χ3n) is 0.322. The van der Waals surface area contributed by atoms with Gasteiger partial charge < -0.3 is 9.47 Å². The first kappa shape index (κ1) is 6.57. The number of terminal acetylenes is 1. The van der Waals surface area contributed by atoms with Crippen LogP contribution < -0.4 is 0 Å². The highest BCUT2D eigenvalue weighted by Gasteiger charge is 1.94. The van der Waals surface area contributed by atoms with Crippen molar-refractivity contribution < 1.29 is 14.3 Å². The summed E-state index contributed by atoms with van der Waals surface area (Å²) in [7, 11) is 0. The lowest BCUT2D eigenvalue weighted by Crippen LogP contribution is -1.96. The van der Waals surface area contributed by atoms with Gasteiger partial charge in [-0.05, 0) is 0 Å². The Hall–Kier alpha value is -1.43. The predicted molar refractivity (Wildman–Crippen MR) is 26.6 cm³/mol. The van der Waals surface area contributed by atoms with Crippen LogP contribution >= 0.6 is 0 Å². The van der Waals surface area contributed by atoms with Crippen LogP contribution in [0.1, 0.15) is 0 Å². The Morgan fingerprint density at radius 3 is 2.88 bits per heavy atom. The molecule has 0 heterocycles. The SMILES string of the molecule is C#COC(=O)OC=C. The van der Waals surface area contributed by atoms with Crippen LogP contribution in [0.15, 0.2) is 12.8 Å². The molecule has 0 amide bonds. The van der Waals surface area contributed by atoms with Gasteiger partial charge in [-0.3, -0.25) is 0 Å². The third kappa shape index (κ3) is 2.79. The van der Waals surface area contributed by atoms with Gasteiger partial charge in [-0.1, -0.05) is 13.0 Å². The molecule has 42 valence electrons. The van der Waals surface area contributed by atoms with Gasteiger partial charge in [-0.15, -0.1) is 0 Å². The molecular weight excluding hydrogens is 108 g/mol. The molecule has 0 aliphatic carbocycles. The zero-order valence-electron chi connectivity index (χ0n) is 4.09. The van der Waals surface area contributed by atoms with Crippen LogP contribution in [-0.4, -0.2) is 6.16 Å². The fraction of sp³-hybridized carbons (Fsp3) is 0. The first-order valence-corrected chi connectivity index (χ1v) is 1.75. The van der Waals surface area contributed by atoms with Crippen LogP contribution in [0.25, 0.3) is 0 Å². The molecule has 0 fully saturated rings. The van der Waals surface area contributed by atoms with E-state index < -0.39 is 6.16 Å². The molecule has 0 spiro atoms. The number of hydrogen-bond donors (Lipinski definition) is 0. The maximum atomic E-state index is 9.98. The lowest BCUT2D eigenvalue weighted by molar-refractivity contribution is 0.126. The molecule has 0 aromatic heterocycles. The fourth-order valence-corrected chi connectivity index (χ4v) is 0.140. The van der Waals surface area contributed by atoms with Gasteiger partial charge in [0.25, 0.3) is 0 Å². The first-order chi connectivity index (χ1) is 3.81. The van der Waals surface area contributed by atoms with E-state index in [0.717, 1.165) is 6.26 Å². The van der Waals surface area contributed by atoms with Gasteiger partial charge in [0.1, 0.15) is 6.11 Å². The minimum Gasteiger partial charge on any atom is -0.403 e. The molecule has 8 heavy (non-hydrogen) atoms. The molecule has 0 rings (SSSR count). The summed E-state index contributed by atoms with van der Waals surface area (Å²) >= 11 is 0. The molecular formula is C5H4O3. The molecule has 0 aliphatic heterocycles. The fourth-order valence-electron chi connectivity index (χ4n) is 0.140. The van der Waals surface area contributed by atoms with Gasteiger partial charge in [0.2, 0.25) is 0 Å². The second-order valence-corrected chi connectivity index (χ2v) is 0.754. The van der Waals surface area contributed by atoms with Crippen molar-refractivity contribution in [3.05, 3.63) is 12.8 Å². The van der Waals surface area contributed by atoms with Crippen LogP contribution in [0.2, 0.25) is 0 Å². The summed E-state index contributed by atoms with van der Waals surface area (Å²) in [5.41, 5.74) is 0. The van der Waals surface area contributed by atoms with Crippen molar-refractivity contribution in [2.45, 2.75) is 0 Å². The third-order valence-corrected chi connectivity index (χ3v) is 0.322. The number of carbonyl (C=O) groups is 1. The summed E-state index contributed by atoms with van der Waals surface area (Å²) in [6.45, 7) is 3.09. The zero-order valence-corrected chi connectivity index (χ0v) is 4.09. The van der Waals surface area contributed by atoms with E-state index in [2.05, 4.69) is 22.5 Å². The van der Waals surface area contributed by atoms with E-state index in [1.165, 1.54) is 0 Å². The molecule has 0 bridgehead atoms. The standard InChI is InChI=1S/C5H4O3/c1-3-7-5(6)8-4-2/h1,4H,2H2. The smallest absolute Gasteiger partial charge is 0.403 e. The van der Waals surface area contributed by atoms with E-state index in [-0.39, 0.29) is 0 Å². The van der Waals surface area contributed by atoms with E-state index in [0.29, 0.717) is 0 Å². The Morgan fingerprint density at radius 1 is 1.88 bits per heavy atom. The van der Waals surface area contributed by atoms with Gasteiger partial charge in [-0.25, -0.2) is 4.79 Å². The normalized spacial score (nSPS) is 6.38. The maximum Gasteiger partial charge on any atom is 0.527 e. The molecule has 3 nitrogen and oxygen atoms in total. The van der Waals surface area contributed by atoms with Crippen LogP contribution in [0, 0.1) is 12.5 Å². The average Bonchev–Trinajstić information content (AvgIpc) is 1.68. The van der Waals surface area contributed by atoms with Crippen molar-refractivity contribution in [1.29, 1.82) is 0 Å². The number of ether oxygens (including phenoxy) is 2. The van der Waals surface area contributed by atoms with Gasteiger partial charge in [0.15, 0.2) is 0 Å². The molecule has 0 N–H and O–H groups in total. The summed E-state index contributed by atoms with van der Waals surface area (Å²) < 4.78 is 7.92. The topological polar surface area (TPSA) is 35.5 Å². The Labute approximate surface area is 46.9 Å². The van der Waals surface area contributed by atoms with E-state index in [1.807, 2.05) is 0 Å². The second kappa shape index (κ2) is 3.75. The van der Waals surface area contributed by atoms with E-state index in [9.17, 15) is 4.79 Å². The van der Waals surface area contributed by atoms with Gasteiger partial charge in [0, 0.05) is 0 Å². The molecule has 3 heteroatoms. The van der Waals surface area contributed by atoms with Crippen LogP contribution in [0.5, 0.6) is 0 Å². The summed E-state index contributed by atoms with van der Waals surface area (Å²) in [5, 5.41) is 0. The quantitative estimate of drug-likeness (QED) is 0.287. The summed E-state index contributed by atoms with van der Waals surface area (Å²) in [6, 6.07) is 0. The molecule has 0 aliphatic rings.